The Balaban J connectivity index is 1.73. The van der Waals surface area contributed by atoms with Gasteiger partial charge in [0.2, 0.25) is 15.9 Å². The summed E-state index contributed by atoms with van der Waals surface area (Å²) in [6.07, 6.45) is 3.52. The Labute approximate surface area is 160 Å². The highest BCUT2D eigenvalue weighted by atomic mass is 32.2. The Hall–Kier alpha value is -2.54. The van der Waals surface area contributed by atoms with Crippen LogP contribution in [0.1, 0.15) is 19.8 Å². The van der Waals surface area contributed by atoms with Gasteiger partial charge in [-0.1, -0.05) is 18.2 Å². The predicted octanol–water partition coefficient (Wildman–Crippen LogP) is 3.08. The number of amides is 1. The van der Waals surface area contributed by atoms with Crippen LogP contribution in [0.3, 0.4) is 0 Å². The molecule has 3 rings (SSSR count). The number of rotatable bonds is 6. The average Bonchev–Trinajstić information content (AvgIpc) is 3.17. The fourth-order valence-electron chi connectivity index (χ4n) is 3.36. The van der Waals surface area contributed by atoms with E-state index >= 15 is 0 Å². The molecule has 144 valence electrons. The summed E-state index contributed by atoms with van der Waals surface area (Å²) in [5.74, 6) is -0.377. The summed E-state index contributed by atoms with van der Waals surface area (Å²) in [6.45, 7) is 3.70. The van der Waals surface area contributed by atoms with Crippen LogP contribution < -0.4 is 14.5 Å². The molecule has 0 aromatic heterocycles. The molecule has 0 spiro atoms. The molecule has 7 heteroatoms. The first-order valence-electron chi connectivity index (χ1n) is 9.06. The monoisotopic (exact) mass is 387 g/mol. The Bertz CT molecular complexity index is 876. The second-order valence-corrected chi connectivity index (χ2v) is 8.66. The van der Waals surface area contributed by atoms with E-state index in [-0.39, 0.29) is 5.91 Å². The lowest BCUT2D eigenvalue weighted by molar-refractivity contribution is -0.116. The zero-order valence-electron chi connectivity index (χ0n) is 15.6. The van der Waals surface area contributed by atoms with Crippen LogP contribution in [0.25, 0.3) is 0 Å². The van der Waals surface area contributed by atoms with Crippen LogP contribution in [0.5, 0.6) is 0 Å². The zero-order chi connectivity index (χ0) is 19.4. The van der Waals surface area contributed by atoms with E-state index in [1.54, 1.807) is 37.3 Å². The number of sulfonamides is 1. The van der Waals surface area contributed by atoms with E-state index in [1.165, 1.54) is 12.8 Å². The highest BCUT2D eigenvalue weighted by Crippen LogP contribution is 2.24. The lowest BCUT2D eigenvalue weighted by Crippen LogP contribution is -2.45. The normalized spacial score (nSPS) is 15.4. The molecule has 2 aromatic rings. The number of nitrogens with one attached hydrogen (secondary N) is 1. The van der Waals surface area contributed by atoms with Crippen molar-refractivity contribution in [2.75, 3.05) is 33.9 Å². The number of hydrogen-bond donors (Lipinski definition) is 1. The maximum absolute atomic E-state index is 12.7. The van der Waals surface area contributed by atoms with Crippen LogP contribution in [0.4, 0.5) is 17.1 Å². The predicted molar refractivity (Wildman–Crippen MR) is 110 cm³/mol. The van der Waals surface area contributed by atoms with Crippen LogP contribution in [-0.4, -0.2) is 39.7 Å². The van der Waals surface area contributed by atoms with Gasteiger partial charge in [-0.05, 0) is 56.2 Å². The highest BCUT2D eigenvalue weighted by molar-refractivity contribution is 7.92. The third kappa shape index (κ3) is 4.60. The molecular formula is C20H25N3O3S. The van der Waals surface area contributed by atoms with Gasteiger partial charge in [-0.25, -0.2) is 8.42 Å². The van der Waals surface area contributed by atoms with Crippen molar-refractivity contribution in [3.8, 4) is 0 Å². The largest absolute Gasteiger partial charge is 0.372 e. The van der Waals surface area contributed by atoms with Gasteiger partial charge in [0.25, 0.3) is 0 Å². The van der Waals surface area contributed by atoms with Crippen LogP contribution in [0.15, 0.2) is 54.6 Å². The zero-order valence-corrected chi connectivity index (χ0v) is 16.4. The molecule has 1 amide bonds. The van der Waals surface area contributed by atoms with Gasteiger partial charge in [0.1, 0.15) is 6.04 Å². The van der Waals surface area contributed by atoms with Crippen molar-refractivity contribution in [1.82, 2.24) is 0 Å². The van der Waals surface area contributed by atoms with Gasteiger partial charge in [0.15, 0.2) is 0 Å². The highest BCUT2D eigenvalue weighted by Gasteiger charge is 2.29. The van der Waals surface area contributed by atoms with Crippen LogP contribution >= 0.6 is 0 Å². The summed E-state index contributed by atoms with van der Waals surface area (Å²) in [4.78, 5) is 15.0. The van der Waals surface area contributed by atoms with Gasteiger partial charge in [0, 0.05) is 24.5 Å². The topological polar surface area (TPSA) is 69.7 Å². The number of para-hydroxylation sites is 1. The van der Waals surface area contributed by atoms with Gasteiger partial charge < -0.3 is 10.2 Å². The van der Waals surface area contributed by atoms with Crippen molar-refractivity contribution in [1.29, 1.82) is 0 Å². The molecule has 27 heavy (non-hydrogen) atoms. The minimum absolute atomic E-state index is 0.377. The van der Waals surface area contributed by atoms with Gasteiger partial charge in [-0.15, -0.1) is 0 Å². The Morgan fingerprint density at radius 3 is 2.19 bits per heavy atom. The molecule has 1 N–H and O–H groups in total. The molecule has 0 aliphatic carbocycles. The molecule has 6 nitrogen and oxygen atoms in total. The average molecular weight is 388 g/mol. The van der Waals surface area contributed by atoms with Crippen molar-refractivity contribution in [2.45, 2.75) is 25.8 Å². The van der Waals surface area contributed by atoms with Crippen LogP contribution in [-0.2, 0) is 14.8 Å². The van der Waals surface area contributed by atoms with E-state index in [0.29, 0.717) is 11.4 Å². The fraction of sp³-hybridized carbons (Fsp3) is 0.350. The molecule has 1 atom stereocenters. The summed E-state index contributed by atoms with van der Waals surface area (Å²) < 4.78 is 25.7. The van der Waals surface area contributed by atoms with E-state index in [2.05, 4.69) is 10.2 Å². The number of nitrogens with zero attached hydrogens (tertiary/aromatic N) is 2. The van der Waals surface area contributed by atoms with E-state index in [4.69, 9.17) is 0 Å². The number of hydrogen-bond acceptors (Lipinski definition) is 4. The molecule has 1 unspecified atom stereocenters. The summed E-state index contributed by atoms with van der Waals surface area (Å²) in [6, 6.07) is 15.4. The lowest BCUT2D eigenvalue weighted by Gasteiger charge is -2.28. The first-order valence-corrected chi connectivity index (χ1v) is 10.9. The van der Waals surface area contributed by atoms with E-state index in [1.807, 2.05) is 24.3 Å². The van der Waals surface area contributed by atoms with Crippen molar-refractivity contribution in [3.05, 3.63) is 54.6 Å². The van der Waals surface area contributed by atoms with Crippen molar-refractivity contribution in [2.24, 2.45) is 0 Å². The maximum Gasteiger partial charge on any atom is 0.247 e. The van der Waals surface area contributed by atoms with Crippen molar-refractivity contribution < 1.29 is 13.2 Å². The van der Waals surface area contributed by atoms with E-state index in [0.717, 1.165) is 29.3 Å². The second-order valence-electron chi connectivity index (χ2n) is 6.80. The summed E-state index contributed by atoms with van der Waals surface area (Å²) in [5.41, 5.74) is 2.25. The standard InChI is InChI=1S/C20H25N3O3S/c1-16(23(27(2,25)26)19-8-4-3-5-9-19)20(24)21-17-10-12-18(13-11-17)22-14-6-7-15-22/h3-5,8-13,16H,6-7,14-15H2,1-2H3,(H,21,24). The molecule has 0 bridgehead atoms. The minimum atomic E-state index is -3.61. The van der Waals surface area contributed by atoms with Gasteiger partial charge in [-0.3, -0.25) is 9.10 Å². The summed E-state index contributed by atoms with van der Waals surface area (Å²) >= 11 is 0. The third-order valence-corrected chi connectivity index (χ3v) is 5.95. The first-order chi connectivity index (χ1) is 12.9. The van der Waals surface area contributed by atoms with Crippen molar-refractivity contribution in [3.63, 3.8) is 0 Å². The first kappa shape index (κ1) is 19.2. The minimum Gasteiger partial charge on any atom is -0.372 e. The van der Waals surface area contributed by atoms with E-state index < -0.39 is 16.1 Å². The summed E-state index contributed by atoms with van der Waals surface area (Å²) in [5, 5.41) is 2.82. The van der Waals surface area contributed by atoms with E-state index in [9.17, 15) is 13.2 Å². The maximum atomic E-state index is 12.7. The number of anilines is 3. The molecule has 1 aliphatic heterocycles. The molecule has 2 aromatic carbocycles. The molecular weight excluding hydrogens is 362 g/mol. The second kappa shape index (κ2) is 8.00. The number of carbonyl (C=O) groups is 1. The molecule has 0 radical (unpaired) electrons. The molecule has 1 saturated heterocycles. The fourth-order valence-corrected chi connectivity index (χ4v) is 4.54. The quantitative estimate of drug-likeness (QED) is 0.827. The smallest absolute Gasteiger partial charge is 0.247 e. The van der Waals surface area contributed by atoms with Crippen molar-refractivity contribution >= 4 is 33.0 Å². The molecule has 1 aliphatic rings. The number of benzene rings is 2. The Morgan fingerprint density at radius 1 is 1.04 bits per heavy atom. The Morgan fingerprint density at radius 2 is 1.63 bits per heavy atom. The summed E-state index contributed by atoms with van der Waals surface area (Å²) in [7, 11) is -3.61. The number of carbonyl (C=O) groups excluding carboxylic acids is 1. The van der Waals surface area contributed by atoms with Crippen LogP contribution in [0.2, 0.25) is 0 Å². The van der Waals surface area contributed by atoms with Gasteiger partial charge in [-0.2, -0.15) is 0 Å². The molecule has 1 fully saturated rings. The SMILES string of the molecule is CC(C(=O)Nc1ccc(N2CCCC2)cc1)N(c1ccccc1)S(C)(=O)=O. The molecule has 1 heterocycles. The lowest BCUT2D eigenvalue weighted by atomic mass is 10.2. The van der Waals surface area contributed by atoms with Gasteiger partial charge >= 0.3 is 0 Å². The third-order valence-electron chi connectivity index (χ3n) is 4.71. The molecule has 0 saturated carbocycles. The van der Waals surface area contributed by atoms with Crippen LogP contribution in [0, 0.1) is 0 Å². The van der Waals surface area contributed by atoms with Gasteiger partial charge in [0.05, 0.1) is 11.9 Å². The Kier molecular flexibility index (Phi) is 5.70.